The van der Waals surface area contributed by atoms with E-state index < -0.39 is 12.6 Å². The number of halogens is 3. The molecule has 2 aromatic heterocycles. The summed E-state index contributed by atoms with van der Waals surface area (Å²) in [6, 6.07) is 11.0. The summed E-state index contributed by atoms with van der Waals surface area (Å²) in [5.41, 5.74) is 9.62. The first-order valence-electron chi connectivity index (χ1n) is 11.4. The van der Waals surface area contributed by atoms with Crippen LogP contribution in [0.25, 0.3) is 22.5 Å². The molecule has 0 aliphatic heterocycles. The number of likely N-dealkylation sites (N-methyl/N-ethyl adjacent to an activating group) is 1. The molecule has 0 spiro atoms. The van der Waals surface area contributed by atoms with Crippen molar-refractivity contribution in [3.63, 3.8) is 0 Å². The first kappa shape index (κ1) is 26.9. The van der Waals surface area contributed by atoms with Crippen LogP contribution >= 0.6 is 11.6 Å². The first-order valence-corrected chi connectivity index (χ1v) is 11.8. The van der Waals surface area contributed by atoms with Crippen LogP contribution in [-0.4, -0.2) is 62.9 Å². The Morgan fingerprint density at radius 3 is 2.58 bits per heavy atom. The van der Waals surface area contributed by atoms with Crippen LogP contribution < -0.4 is 5.73 Å². The van der Waals surface area contributed by atoms with Crippen molar-refractivity contribution in [2.75, 3.05) is 20.8 Å². The van der Waals surface area contributed by atoms with Crippen LogP contribution in [0, 0.1) is 0 Å². The van der Waals surface area contributed by atoms with Crippen LogP contribution in [0.5, 0.6) is 0 Å². The molecular formula is C25H25ClF2N8O2. The summed E-state index contributed by atoms with van der Waals surface area (Å²) in [6.07, 6.45) is 4.68. The van der Waals surface area contributed by atoms with Crippen LogP contribution in [-0.2, 0) is 9.53 Å². The van der Waals surface area contributed by atoms with Crippen molar-refractivity contribution >= 4 is 23.8 Å². The van der Waals surface area contributed by atoms with Crippen molar-refractivity contribution in [2.45, 2.75) is 18.6 Å². The number of aldehydes is 1. The van der Waals surface area contributed by atoms with Gasteiger partial charge in [0.05, 0.1) is 23.9 Å². The van der Waals surface area contributed by atoms with Gasteiger partial charge in [-0.15, -0.1) is 0 Å². The van der Waals surface area contributed by atoms with Crippen LogP contribution in [0.3, 0.4) is 0 Å². The molecule has 0 saturated heterocycles. The van der Waals surface area contributed by atoms with Crippen LogP contribution in [0.2, 0.25) is 5.02 Å². The summed E-state index contributed by atoms with van der Waals surface area (Å²) in [4.78, 5) is 22.3. The number of hydrogen-bond donors (Lipinski definition) is 2. The van der Waals surface area contributed by atoms with Gasteiger partial charge in [0.2, 0.25) is 0 Å². The van der Waals surface area contributed by atoms with E-state index in [1.54, 1.807) is 49.4 Å². The molecular weight excluding hydrogens is 518 g/mol. The van der Waals surface area contributed by atoms with Gasteiger partial charge in [-0.05, 0) is 28.8 Å². The predicted molar refractivity (Wildman–Crippen MR) is 139 cm³/mol. The van der Waals surface area contributed by atoms with E-state index in [2.05, 4.69) is 25.3 Å². The number of benzene rings is 2. The number of carbonyl (C=O) groups is 1. The van der Waals surface area contributed by atoms with E-state index in [0.29, 0.717) is 44.1 Å². The van der Waals surface area contributed by atoms with Gasteiger partial charge in [-0.3, -0.25) is 5.10 Å². The third-order valence-electron chi connectivity index (χ3n) is 5.99. The maximum atomic E-state index is 12.8. The Labute approximate surface area is 222 Å². The number of aliphatic imine (C=N–C) groups is 1. The Balaban J connectivity index is 1.57. The van der Waals surface area contributed by atoms with Crippen molar-refractivity contribution in [2.24, 2.45) is 10.7 Å². The van der Waals surface area contributed by atoms with Gasteiger partial charge in [0.1, 0.15) is 18.7 Å². The first-order chi connectivity index (χ1) is 18.3. The standard InChI is InChI=1S/C25H25ClF2N8O2/c1-35(22(13-38-2)17-7-8-20(26)19(9-17)23-30-14-31-34-23)25(29)33-21(12-37)16-5-3-15(4-6-16)18-10-32-36(11-18)24(27)28/h3-12,14,21-22,24H,13H2,1-2H3,(H2,29,33)(H,30,31,34). The molecule has 38 heavy (non-hydrogen) atoms. The average molecular weight is 543 g/mol. The number of alkyl halides is 2. The summed E-state index contributed by atoms with van der Waals surface area (Å²) >= 11 is 6.37. The fourth-order valence-corrected chi connectivity index (χ4v) is 4.11. The molecule has 0 fully saturated rings. The second-order valence-electron chi connectivity index (χ2n) is 8.33. The number of ether oxygens (including phenoxy) is 1. The number of guanidine groups is 1. The van der Waals surface area contributed by atoms with Gasteiger partial charge in [-0.2, -0.15) is 19.0 Å². The highest BCUT2D eigenvalue weighted by atomic mass is 35.5. The Morgan fingerprint density at radius 1 is 1.24 bits per heavy atom. The number of aromatic nitrogens is 5. The summed E-state index contributed by atoms with van der Waals surface area (Å²) in [6.45, 7) is -2.45. The van der Waals surface area contributed by atoms with E-state index >= 15 is 0 Å². The van der Waals surface area contributed by atoms with Crippen molar-refractivity contribution < 1.29 is 18.3 Å². The number of H-pyrrole nitrogens is 1. The number of nitrogens with zero attached hydrogens (tertiary/aromatic N) is 6. The molecule has 2 atom stereocenters. The predicted octanol–water partition coefficient (Wildman–Crippen LogP) is 4.26. The molecule has 0 amide bonds. The molecule has 0 bridgehead atoms. The molecule has 2 unspecified atom stereocenters. The summed E-state index contributed by atoms with van der Waals surface area (Å²) in [5.74, 6) is 0.630. The van der Waals surface area contributed by atoms with Gasteiger partial charge in [-0.25, -0.2) is 14.7 Å². The van der Waals surface area contributed by atoms with E-state index in [9.17, 15) is 13.6 Å². The molecule has 0 aliphatic carbocycles. The molecule has 4 rings (SSSR count). The Kier molecular flexibility index (Phi) is 8.44. The van der Waals surface area contributed by atoms with Crippen LogP contribution in [0.1, 0.15) is 29.8 Å². The lowest BCUT2D eigenvalue weighted by molar-refractivity contribution is -0.108. The third-order valence-corrected chi connectivity index (χ3v) is 6.32. The van der Waals surface area contributed by atoms with Crippen molar-refractivity contribution in [1.29, 1.82) is 0 Å². The maximum Gasteiger partial charge on any atom is 0.333 e. The number of carbonyl (C=O) groups excluding carboxylic acids is 1. The quantitative estimate of drug-likeness (QED) is 0.174. The molecule has 0 saturated carbocycles. The zero-order valence-electron chi connectivity index (χ0n) is 20.5. The number of nitrogens with one attached hydrogen (secondary N) is 1. The molecule has 3 N–H and O–H groups in total. The molecule has 13 heteroatoms. The molecule has 0 radical (unpaired) electrons. The van der Waals surface area contributed by atoms with Crippen molar-refractivity contribution in [3.05, 3.63) is 77.3 Å². The minimum atomic E-state index is -2.72. The lowest BCUT2D eigenvalue weighted by Crippen LogP contribution is -2.39. The summed E-state index contributed by atoms with van der Waals surface area (Å²) in [5, 5.41) is 10.8. The fourth-order valence-electron chi connectivity index (χ4n) is 3.90. The van der Waals surface area contributed by atoms with Gasteiger partial charge in [0, 0.05) is 31.5 Å². The zero-order valence-corrected chi connectivity index (χ0v) is 21.3. The Hall–Kier alpha value is -4.16. The topological polar surface area (TPSA) is 127 Å². The number of nitrogens with two attached hydrogens (primary N) is 1. The Bertz CT molecular complexity index is 1390. The summed E-state index contributed by atoms with van der Waals surface area (Å²) < 4.78 is 31.7. The van der Waals surface area contributed by atoms with Crippen LogP contribution in [0.15, 0.2) is 66.2 Å². The monoisotopic (exact) mass is 542 g/mol. The Morgan fingerprint density at radius 2 is 1.97 bits per heavy atom. The second kappa shape index (κ2) is 11.9. The minimum Gasteiger partial charge on any atom is -0.382 e. The molecule has 10 nitrogen and oxygen atoms in total. The largest absolute Gasteiger partial charge is 0.382 e. The molecule has 2 heterocycles. The minimum absolute atomic E-state index is 0.114. The lowest BCUT2D eigenvalue weighted by atomic mass is 10.0. The highest BCUT2D eigenvalue weighted by molar-refractivity contribution is 6.33. The highest BCUT2D eigenvalue weighted by Crippen LogP contribution is 2.31. The van der Waals surface area contributed by atoms with Gasteiger partial charge < -0.3 is 20.2 Å². The normalized spacial score (nSPS) is 13.5. The van der Waals surface area contributed by atoms with Crippen LogP contribution in [0.4, 0.5) is 8.78 Å². The second-order valence-corrected chi connectivity index (χ2v) is 8.74. The van der Waals surface area contributed by atoms with Gasteiger partial charge in [0.25, 0.3) is 0 Å². The number of methoxy groups -OCH3 is 1. The van der Waals surface area contributed by atoms with Gasteiger partial charge >= 0.3 is 6.55 Å². The van der Waals surface area contributed by atoms with E-state index in [4.69, 9.17) is 22.1 Å². The average Bonchev–Trinajstić information content (AvgIpc) is 3.64. The summed E-state index contributed by atoms with van der Waals surface area (Å²) in [7, 11) is 3.32. The maximum absolute atomic E-state index is 12.8. The molecule has 4 aromatic rings. The third kappa shape index (κ3) is 5.87. The number of hydrogen-bond acceptors (Lipinski definition) is 6. The van der Waals surface area contributed by atoms with E-state index in [-0.39, 0.29) is 18.6 Å². The smallest absolute Gasteiger partial charge is 0.333 e. The molecule has 0 aliphatic rings. The number of rotatable bonds is 10. The molecule has 2 aromatic carbocycles. The molecule has 198 valence electrons. The zero-order chi connectivity index (χ0) is 27.2. The van der Waals surface area contributed by atoms with E-state index in [1.807, 2.05) is 12.1 Å². The van der Waals surface area contributed by atoms with Gasteiger partial charge in [0.15, 0.2) is 11.8 Å². The number of aromatic amines is 1. The highest BCUT2D eigenvalue weighted by Gasteiger charge is 2.22. The van der Waals surface area contributed by atoms with E-state index in [0.717, 1.165) is 5.56 Å². The van der Waals surface area contributed by atoms with Crippen molar-refractivity contribution in [1.82, 2.24) is 29.9 Å². The van der Waals surface area contributed by atoms with Crippen molar-refractivity contribution in [3.8, 4) is 22.5 Å². The fraction of sp³-hybridized carbons (Fsp3) is 0.240. The van der Waals surface area contributed by atoms with E-state index in [1.165, 1.54) is 18.7 Å². The van der Waals surface area contributed by atoms with Gasteiger partial charge in [-0.1, -0.05) is 41.9 Å². The SMILES string of the molecule is COCC(c1ccc(Cl)c(-c2ncn[nH]2)c1)N(C)C(N)=NC(C=O)c1ccc(-c2cnn(C(F)F)c2)cc1. The lowest BCUT2D eigenvalue weighted by Gasteiger charge is -2.29.